The SMILES string of the molecule is O=C1CCCC2=C1[C@@H](c1cccc(Cl)c1)n1nc(SCc3ccc(C(=O)O)cc3)nc1N2. The van der Waals surface area contributed by atoms with Crippen LogP contribution in [0, 0.1) is 0 Å². The summed E-state index contributed by atoms with van der Waals surface area (Å²) in [6.07, 6.45) is 2.13. The number of thioether (sulfide) groups is 1. The summed E-state index contributed by atoms with van der Waals surface area (Å²) in [6, 6.07) is 13.9. The molecule has 2 aliphatic rings. The number of fused-ring (bicyclic) bond motifs is 1. The number of nitrogens with one attached hydrogen (secondary N) is 1. The number of ketones is 1. The Bertz CT molecular complexity index is 1250. The number of carbonyl (C=O) groups is 2. The Morgan fingerprint density at radius 1 is 1.22 bits per heavy atom. The first-order valence-corrected chi connectivity index (χ1v) is 11.6. The Balaban J connectivity index is 1.45. The van der Waals surface area contributed by atoms with Gasteiger partial charge in [0.05, 0.1) is 5.56 Å². The summed E-state index contributed by atoms with van der Waals surface area (Å²) in [6.45, 7) is 0. The summed E-state index contributed by atoms with van der Waals surface area (Å²) in [7, 11) is 0. The molecule has 0 amide bonds. The third-order valence-corrected chi connectivity index (χ3v) is 6.73. The average Bonchev–Trinajstić information content (AvgIpc) is 3.19. The van der Waals surface area contributed by atoms with Gasteiger partial charge in [0.2, 0.25) is 11.1 Å². The zero-order chi connectivity index (χ0) is 22.2. The Morgan fingerprint density at radius 3 is 2.78 bits per heavy atom. The Morgan fingerprint density at radius 2 is 2.03 bits per heavy atom. The number of carboxylic acids is 1. The van der Waals surface area contributed by atoms with Crippen molar-refractivity contribution in [3.05, 3.63) is 81.5 Å². The second kappa shape index (κ2) is 8.44. The maximum absolute atomic E-state index is 12.9. The van der Waals surface area contributed by atoms with Gasteiger partial charge in [0.15, 0.2) is 5.78 Å². The molecule has 162 valence electrons. The molecule has 1 aliphatic heterocycles. The highest BCUT2D eigenvalue weighted by Gasteiger charge is 2.36. The van der Waals surface area contributed by atoms with Gasteiger partial charge in [0.25, 0.3) is 0 Å². The third kappa shape index (κ3) is 3.91. The first-order chi connectivity index (χ1) is 15.5. The van der Waals surface area contributed by atoms with E-state index in [-0.39, 0.29) is 17.4 Å². The Labute approximate surface area is 193 Å². The molecule has 32 heavy (non-hydrogen) atoms. The van der Waals surface area contributed by atoms with Gasteiger partial charge in [0.1, 0.15) is 6.04 Å². The highest BCUT2D eigenvalue weighted by molar-refractivity contribution is 7.98. The summed E-state index contributed by atoms with van der Waals surface area (Å²) in [5.41, 5.74) is 3.77. The van der Waals surface area contributed by atoms with Gasteiger partial charge in [-0.05, 0) is 48.2 Å². The lowest BCUT2D eigenvalue weighted by Gasteiger charge is -2.32. The number of aromatic nitrogens is 3. The number of allylic oxidation sites excluding steroid dienone is 2. The first-order valence-electron chi connectivity index (χ1n) is 10.2. The maximum atomic E-state index is 12.9. The van der Waals surface area contributed by atoms with E-state index in [1.54, 1.807) is 28.9 Å². The van der Waals surface area contributed by atoms with Crippen molar-refractivity contribution < 1.29 is 14.7 Å². The number of halogens is 1. The molecule has 0 saturated carbocycles. The fourth-order valence-electron chi connectivity index (χ4n) is 4.07. The van der Waals surface area contributed by atoms with E-state index < -0.39 is 5.97 Å². The molecular weight excluding hydrogens is 448 g/mol. The fourth-order valence-corrected chi connectivity index (χ4v) is 5.06. The van der Waals surface area contributed by atoms with Gasteiger partial charge in [-0.25, -0.2) is 9.48 Å². The minimum Gasteiger partial charge on any atom is -0.478 e. The molecule has 0 radical (unpaired) electrons. The van der Waals surface area contributed by atoms with Crippen molar-refractivity contribution in [3.8, 4) is 0 Å². The summed E-state index contributed by atoms with van der Waals surface area (Å²) in [5, 5.41) is 18.3. The van der Waals surface area contributed by atoms with E-state index >= 15 is 0 Å². The molecule has 0 spiro atoms. The van der Waals surface area contributed by atoms with E-state index in [1.807, 2.05) is 24.3 Å². The second-order valence-corrected chi connectivity index (χ2v) is 9.08. The summed E-state index contributed by atoms with van der Waals surface area (Å²) in [4.78, 5) is 28.5. The van der Waals surface area contributed by atoms with Crippen molar-refractivity contribution in [1.82, 2.24) is 14.8 Å². The predicted octanol–water partition coefficient (Wildman–Crippen LogP) is 4.94. The normalized spacial score (nSPS) is 17.5. The number of rotatable bonds is 5. The molecule has 0 bridgehead atoms. The molecule has 7 nitrogen and oxygen atoms in total. The van der Waals surface area contributed by atoms with Crippen molar-refractivity contribution in [2.45, 2.75) is 36.2 Å². The van der Waals surface area contributed by atoms with Crippen LogP contribution < -0.4 is 5.32 Å². The number of anilines is 1. The first kappa shape index (κ1) is 20.8. The van der Waals surface area contributed by atoms with E-state index in [1.165, 1.54) is 11.8 Å². The van der Waals surface area contributed by atoms with Gasteiger partial charge < -0.3 is 10.4 Å². The topological polar surface area (TPSA) is 97.1 Å². The van der Waals surface area contributed by atoms with Gasteiger partial charge in [-0.3, -0.25) is 4.79 Å². The van der Waals surface area contributed by atoms with Crippen LogP contribution in [0.5, 0.6) is 0 Å². The van der Waals surface area contributed by atoms with E-state index in [0.29, 0.717) is 28.3 Å². The molecule has 0 fully saturated rings. The molecule has 2 aromatic carbocycles. The van der Waals surface area contributed by atoms with E-state index in [9.17, 15) is 9.59 Å². The van der Waals surface area contributed by atoms with E-state index in [4.69, 9.17) is 21.8 Å². The number of hydrogen-bond donors (Lipinski definition) is 2. The van der Waals surface area contributed by atoms with Crippen LogP contribution in [0.25, 0.3) is 0 Å². The summed E-state index contributed by atoms with van der Waals surface area (Å²) < 4.78 is 1.77. The highest BCUT2D eigenvalue weighted by atomic mass is 35.5. The van der Waals surface area contributed by atoms with Crippen LogP contribution in [0.3, 0.4) is 0 Å². The number of hydrogen-bond acceptors (Lipinski definition) is 6. The molecule has 3 aromatic rings. The van der Waals surface area contributed by atoms with Crippen molar-refractivity contribution in [3.63, 3.8) is 0 Å². The lowest BCUT2D eigenvalue weighted by Crippen LogP contribution is -2.31. The van der Waals surface area contributed by atoms with Crippen LogP contribution in [0.2, 0.25) is 5.02 Å². The van der Waals surface area contributed by atoms with Crippen molar-refractivity contribution >= 4 is 41.1 Å². The second-order valence-electron chi connectivity index (χ2n) is 7.70. The number of nitrogens with zero attached hydrogens (tertiary/aromatic N) is 3. The lowest BCUT2D eigenvalue weighted by molar-refractivity contribution is -0.116. The lowest BCUT2D eigenvalue weighted by atomic mass is 9.85. The van der Waals surface area contributed by atoms with Gasteiger partial charge in [0, 0.05) is 28.5 Å². The number of benzene rings is 2. The molecule has 1 aromatic heterocycles. The van der Waals surface area contributed by atoms with Crippen molar-refractivity contribution in [2.75, 3.05) is 5.32 Å². The predicted molar refractivity (Wildman–Crippen MR) is 122 cm³/mol. The van der Waals surface area contributed by atoms with Gasteiger partial charge in [-0.1, -0.05) is 47.6 Å². The van der Waals surface area contributed by atoms with Gasteiger partial charge in [-0.15, -0.1) is 5.10 Å². The monoisotopic (exact) mass is 466 g/mol. The molecule has 1 atom stereocenters. The number of Topliss-reactive ketones (excluding diaryl/α,β-unsaturated/α-hetero) is 1. The molecule has 0 unspecified atom stereocenters. The number of aromatic carboxylic acids is 1. The van der Waals surface area contributed by atoms with Gasteiger partial charge in [-0.2, -0.15) is 4.98 Å². The minimum absolute atomic E-state index is 0.123. The van der Waals surface area contributed by atoms with Crippen molar-refractivity contribution in [2.24, 2.45) is 0 Å². The van der Waals surface area contributed by atoms with Crippen LogP contribution >= 0.6 is 23.4 Å². The van der Waals surface area contributed by atoms with Crippen molar-refractivity contribution in [1.29, 1.82) is 0 Å². The maximum Gasteiger partial charge on any atom is 0.335 e. The molecule has 2 heterocycles. The molecule has 5 rings (SSSR count). The molecule has 0 saturated heterocycles. The number of carbonyl (C=O) groups excluding carboxylic acids is 1. The van der Waals surface area contributed by atoms with Crippen LogP contribution in [0.4, 0.5) is 5.95 Å². The summed E-state index contributed by atoms with van der Waals surface area (Å²) >= 11 is 7.71. The smallest absolute Gasteiger partial charge is 0.335 e. The third-order valence-electron chi connectivity index (χ3n) is 5.58. The molecule has 1 aliphatic carbocycles. The van der Waals surface area contributed by atoms with Crippen LogP contribution in [-0.2, 0) is 10.5 Å². The zero-order valence-corrected chi connectivity index (χ0v) is 18.5. The largest absolute Gasteiger partial charge is 0.478 e. The minimum atomic E-state index is -0.947. The zero-order valence-electron chi connectivity index (χ0n) is 16.9. The van der Waals surface area contributed by atoms with Crippen LogP contribution in [0.1, 0.15) is 46.8 Å². The average molecular weight is 467 g/mol. The van der Waals surface area contributed by atoms with Gasteiger partial charge >= 0.3 is 5.97 Å². The molecule has 2 N–H and O–H groups in total. The van der Waals surface area contributed by atoms with E-state index in [2.05, 4.69) is 10.3 Å². The molecule has 9 heteroatoms. The molecular formula is C23H19ClN4O3S. The fraction of sp³-hybridized carbons (Fsp3) is 0.217. The standard InChI is InChI=1S/C23H19ClN4O3S/c24-16-4-1-3-15(11-16)20-19-17(5-2-6-18(19)29)25-22-26-23(27-28(20)22)32-12-13-7-9-14(10-8-13)21(30)31/h1,3-4,7-11,20H,2,5-6,12H2,(H,30,31)(H,25,26,27)/t20-/m1/s1. The van der Waals surface area contributed by atoms with Crippen LogP contribution in [0.15, 0.2) is 65.0 Å². The van der Waals surface area contributed by atoms with E-state index in [0.717, 1.165) is 35.2 Å². The Kier molecular flexibility index (Phi) is 5.48. The number of carboxylic acid groups (broad SMARTS) is 1. The quantitative estimate of drug-likeness (QED) is 0.514. The van der Waals surface area contributed by atoms with Crippen LogP contribution in [-0.4, -0.2) is 31.6 Å². The highest BCUT2D eigenvalue weighted by Crippen LogP contribution is 2.41. The Hall–Kier alpha value is -3.10. The summed E-state index contributed by atoms with van der Waals surface area (Å²) in [5.74, 6) is 0.374.